The van der Waals surface area contributed by atoms with Gasteiger partial charge in [-0.15, -0.1) is 11.3 Å². The SMILES string of the molecule is CCCC(C#N)C(=O)c1ccc(C)s1. The molecule has 0 saturated heterocycles. The number of hydrogen-bond acceptors (Lipinski definition) is 3. The molecule has 0 amide bonds. The number of nitrogens with zero attached hydrogens (tertiary/aromatic N) is 1. The normalized spacial score (nSPS) is 12.1. The maximum atomic E-state index is 11.8. The van der Waals surface area contributed by atoms with Gasteiger partial charge in [-0.05, 0) is 25.5 Å². The number of rotatable bonds is 4. The van der Waals surface area contributed by atoms with E-state index in [0.717, 1.165) is 11.3 Å². The zero-order valence-corrected chi connectivity index (χ0v) is 9.23. The molecule has 2 nitrogen and oxygen atoms in total. The van der Waals surface area contributed by atoms with Gasteiger partial charge in [-0.2, -0.15) is 5.26 Å². The summed E-state index contributed by atoms with van der Waals surface area (Å²) in [4.78, 5) is 13.6. The molecule has 0 aliphatic carbocycles. The standard InChI is InChI=1S/C11H13NOS/c1-3-4-9(7-12)11(13)10-6-5-8(2)14-10/h5-6,9H,3-4H2,1-2H3. The average molecular weight is 207 g/mol. The van der Waals surface area contributed by atoms with Gasteiger partial charge < -0.3 is 0 Å². The van der Waals surface area contributed by atoms with Crippen LogP contribution in [-0.4, -0.2) is 5.78 Å². The Bertz CT molecular complexity index is 362. The smallest absolute Gasteiger partial charge is 0.189 e. The summed E-state index contributed by atoms with van der Waals surface area (Å²) in [7, 11) is 0. The molecule has 0 spiro atoms. The van der Waals surface area contributed by atoms with Gasteiger partial charge in [-0.1, -0.05) is 13.3 Å². The second-order valence-electron chi connectivity index (χ2n) is 3.24. The van der Waals surface area contributed by atoms with Crippen LogP contribution in [0.5, 0.6) is 0 Å². The first-order chi connectivity index (χ1) is 6.69. The third-order valence-electron chi connectivity index (χ3n) is 2.03. The number of nitriles is 1. The van der Waals surface area contributed by atoms with Gasteiger partial charge in [0.1, 0.15) is 5.92 Å². The maximum Gasteiger partial charge on any atom is 0.189 e. The van der Waals surface area contributed by atoms with Gasteiger partial charge in [0.15, 0.2) is 5.78 Å². The highest BCUT2D eigenvalue weighted by atomic mass is 32.1. The molecule has 1 unspecified atom stereocenters. The van der Waals surface area contributed by atoms with Gasteiger partial charge in [0.05, 0.1) is 10.9 Å². The van der Waals surface area contributed by atoms with E-state index in [2.05, 4.69) is 6.07 Å². The molecule has 0 aliphatic rings. The van der Waals surface area contributed by atoms with E-state index in [-0.39, 0.29) is 5.78 Å². The molecule has 1 rings (SSSR count). The number of ketones is 1. The van der Waals surface area contributed by atoms with Crippen molar-refractivity contribution in [1.82, 2.24) is 0 Å². The van der Waals surface area contributed by atoms with Crippen molar-refractivity contribution >= 4 is 17.1 Å². The Morgan fingerprint density at radius 3 is 2.79 bits per heavy atom. The molecular formula is C11H13NOS. The Balaban J connectivity index is 2.79. The van der Waals surface area contributed by atoms with E-state index in [9.17, 15) is 4.79 Å². The van der Waals surface area contributed by atoms with Gasteiger partial charge in [0, 0.05) is 4.88 Å². The largest absolute Gasteiger partial charge is 0.292 e. The Kier molecular flexibility index (Phi) is 3.84. The first kappa shape index (κ1) is 10.9. The van der Waals surface area contributed by atoms with Crippen LogP contribution in [0.25, 0.3) is 0 Å². The summed E-state index contributed by atoms with van der Waals surface area (Å²) in [5.41, 5.74) is 0. The molecule has 74 valence electrons. The van der Waals surface area contributed by atoms with Crippen molar-refractivity contribution in [3.63, 3.8) is 0 Å². The predicted octanol–water partition coefficient (Wildman–Crippen LogP) is 3.18. The maximum absolute atomic E-state index is 11.8. The zero-order valence-electron chi connectivity index (χ0n) is 8.41. The van der Waals surface area contributed by atoms with Crippen LogP contribution in [0.4, 0.5) is 0 Å². The monoisotopic (exact) mass is 207 g/mol. The number of carbonyl (C=O) groups excluding carboxylic acids is 1. The first-order valence-corrected chi connectivity index (χ1v) is 5.51. The fourth-order valence-electron chi connectivity index (χ4n) is 1.28. The minimum atomic E-state index is -0.460. The fraction of sp³-hybridized carbons (Fsp3) is 0.455. The summed E-state index contributed by atoms with van der Waals surface area (Å²) in [6, 6.07) is 5.79. The van der Waals surface area contributed by atoms with E-state index in [4.69, 9.17) is 5.26 Å². The highest BCUT2D eigenvalue weighted by molar-refractivity contribution is 7.14. The van der Waals surface area contributed by atoms with Gasteiger partial charge in [-0.3, -0.25) is 4.79 Å². The molecule has 14 heavy (non-hydrogen) atoms. The highest BCUT2D eigenvalue weighted by Crippen LogP contribution is 2.20. The van der Waals surface area contributed by atoms with Crippen molar-refractivity contribution in [3.8, 4) is 6.07 Å². The Morgan fingerprint density at radius 2 is 2.36 bits per heavy atom. The predicted molar refractivity (Wildman–Crippen MR) is 57.4 cm³/mol. The van der Waals surface area contributed by atoms with Crippen LogP contribution < -0.4 is 0 Å². The van der Waals surface area contributed by atoms with Crippen molar-refractivity contribution in [1.29, 1.82) is 5.26 Å². The van der Waals surface area contributed by atoms with Crippen molar-refractivity contribution in [2.45, 2.75) is 26.7 Å². The van der Waals surface area contributed by atoms with Crippen LogP contribution in [0, 0.1) is 24.2 Å². The molecule has 0 bridgehead atoms. The molecule has 1 aromatic heterocycles. The van der Waals surface area contributed by atoms with Crippen LogP contribution >= 0.6 is 11.3 Å². The molecule has 1 atom stereocenters. The topological polar surface area (TPSA) is 40.9 Å². The third-order valence-corrected chi connectivity index (χ3v) is 3.05. The van der Waals surface area contributed by atoms with Crippen LogP contribution in [0.15, 0.2) is 12.1 Å². The number of Topliss-reactive ketones (excluding diaryl/α,β-unsaturated/α-hetero) is 1. The van der Waals surface area contributed by atoms with Crippen molar-refractivity contribution < 1.29 is 4.79 Å². The number of hydrogen-bond donors (Lipinski definition) is 0. The van der Waals surface area contributed by atoms with Crippen LogP contribution in [0.3, 0.4) is 0 Å². The van der Waals surface area contributed by atoms with E-state index in [1.54, 1.807) is 0 Å². The number of thiophene rings is 1. The summed E-state index contributed by atoms with van der Waals surface area (Å²) < 4.78 is 0. The molecule has 0 radical (unpaired) electrons. The lowest BCUT2D eigenvalue weighted by Crippen LogP contribution is -2.11. The summed E-state index contributed by atoms with van der Waals surface area (Å²) in [5.74, 6) is -0.481. The molecule has 0 fully saturated rings. The Labute approximate surface area is 88.2 Å². The molecule has 0 aromatic carbocycles. The van der Waals surface area contributed by atoms with Crippen molar-refractivity contribution in [3.05, 3.63) is 21.9 Å². The fourth-order valence-corrected chi connectivity index (χ4v) is 2.14. The Morgan fingerprint density at radius 1 is 1.64 bits per heavy atom. The van der Waals surface area contributed by atoms with E-state index < -0.39 is 5.92 Å². The summed E-state index contributed by atoms with van der Waals surface area (Å²) in [5, 5.41) is 8.83. The molecule has 1 heterocycles. The lowest BCUT2D eigenvalue weighted by atomic mass is 9.99. The van der Waals surface area contributed by atoms with E-state index in [0.29, 0.717) is 11.3 Å². The minimum Gasteiger partial charge on any atom is -0.292 e. The van der Waals surface area contributed by atoms with Crippen molar-refractivity contribution in [2.75, 3.05) is 0 Å². The number of carbonyl (C=O) groups is 1. The molecular weight excluding hydrogens is 194 g/mol. The second kappa shape index (κ2) is 4.92. The molecule has 0 N–H and O–H groups in total. The second-order valence-corrected chi connectivity index (χ2v) is 4.53. The quantitative estimate of drug-likeness (QED) is 0.711. The van der Waals surface area contributed by atoms with Gasteiger partial charge in [0.25, 0.3) is 0 Å². The number of aryl methyl sites for hydroxylation is 1. The Hall–Kier alpha value is -1.14. The van der Waals surface area contributed by atoms with Crippen LogP contribution in [-0.2, 0) is 0 Å². The lowest BCUT2D eigenvalue weighted by Gasteiger charge is -2.03. The molecule has 0 saturated carbocycles. The lowest BCUT2D eigenvalue weighted by molar-refractivity contribution is 0.0947. The molecule has 3 heteroatoms. The summed E-state index contributed by atoms with van der Waals surface area (Å²) in [6.45, 7) is 3.94. The zero-order chi connectivity index (χ0) is 10.6. The average Bonchev–Trinajstić information content (AvgIpc) is 2.60. The van der Waals surface area contributed by atoms with Crippen LogP contribution in [0.2, 0.25) is 0 Å². The van der Waals surface area contributed by atoms with E-state index in [1.807, 2.05) is 26.0 Å². The third kappa shape index (κ3) is 2.43. The van der Waals surface area contributed by atoms with Gasteiger partial charge in [0.2, 0.25) is 0 Å². The van der Waals surface area contributed by atoms with Gasteiger partial charge >= 0.3 is 0 Å². The van der Waals surface area contributed by atoms with Crippen molar-refractivity contribution in [2.24, 2.45) is 5.92 Å². The summed E-state index contributed by atoms with van der Waals surface area (Å²) >= 11 is 1.46. The van der Waals surface area contributed by atoms with Gasteiger partial charge in [-0.25, -0.2) is 0 Å². The first-order valence-electron chi connectivity index (χ1n) is 4.69. The summed E-state index contributed by atoms with van der Waals surface area (Å²) in [6.07, 6.45) is 1.53. The molecule has 0 aliphatic heterocycles. The van der Waals surface area contributed by atoms with E-state index in [1.165, 1.54) is 11.3 Å². The minimum absolute atomic E-state index is 0.0209. The molecule has 1 aromatic rings. The van der Waals surface area contributed by atoms with Crippen LogP contribution in [0.1, 0.15) is 34.3 Å². The van der Waals surface area contributed by atoms with E-state index >= 15 is 0 Å². The highest BCUT2D eigenvalue weighted by Gasteiger charge is 2.19.